The molecule has 1 saturated carbocycles. The van der Waals surface area contributed by atoms with Gasteiger partial charge in [0.05, 0.1) is 24.4 Å². The van der Waals surface area contributed by atoms with E-state index in [1.165, 1.54) is 29.2 Å². The number of hydrogen-bond donors (Lipinski definition) is 1. The Balaban J connectivity index is 1.12. The highest BCUT2D eigenvalue weighted by molar-refractivity contribution is 6.35. The fourth-order valence-corrected chi connectivity index (χ4v) is 7.56. The van der Waals surface area contributed by atoms with Gasteiger partial charge >= 0.3 is 18.7 Å². The minimum atomic E-state index is -3.09. The van der Waals surface area contributed by atoms with Gasteiger partial charge in [-0.2, -0.15) is 13.5 Å². The van der Waals surface area contributed by atoms with Gasteiger partial charge in [0.15, 0.2) is 23.9 Å². The number of anilines is 1. The van der Waals surface area contributed by atoms with Gasteiger partial charge in [0.1, 0.15) is 28.0 Å². The molecule has 2 bridgehead atoms. The molecular weight excluding hydrogens is 759 g/mol. The first kappa shape index (κ1) is 38.4. The maximum atomic E-state index is 13.7. The van der Waals surface area contributed by atoms with Gasteiger partial charge in [-0.05, 0) is 98.1 Å². The number of aromatic nitrogens is 1. The molecule has 3 saturated heterocycles. The first-order valence-corrected chi connectivity index (χ1v) is 18.8. The topological polar surface area (TPSA) is 125 Å². The lowest BCUT2D eigenvalue weighted by molar-refractivity contribution is -0.605. The monoisotopic (exact) mass is 797 g/mol. The Bertz CT molecular complexity index is 1990. The second kappa shape index (κ2) is 16.9. The third kappa shape index (κ3) is 9.52. The second-order valence-electron chi connectivity index (χ2n) is 14.1. The van der Waals surface area contributed by atoms with Crippen LogP contribution >= 0.6 is 23.2 Å². The zero-order chi connectivity index (χ0) is 38.6. The Morgan fingerprint density at radius 1 is 0.964 bits per heavy atom. The smallest absolute Gasteiger partial charge is 0.415 e. The van der Waals surface area contributed by atoms with Crippen LogP contribution in [0.1, 0.15) is 58.8 Å². The Kier molecular flexibility index (Phi) is 11.8. The summed E-state index contributed by atoms with van der Waals surface area (Å²) < 4.78 is 49.6. The van der Waals surface area contributed by atoms with Crippen LogP contribution in [0.25, 0.3) is 0 Å². The van der Waals surface area contributed by atoms with E-state index >= 15 is 0 Å². The van der Waals surface area contributed by atoms with Crippen LogP contribution in [0.4, 0.5) is 19.3 Å². The van der Waals surface area contributed by atoms with Crippen LogP contribution < -0.4 is 19.1 Å². The number of benzene rings is 3. The van der Waals surface area contributed by atoms with Crippen LogP contribution in [-0.4, -0.2) is 61.0 Å². The average molecular weight is 799 g/mol. The molecule has 1 aromatic heterocycles. The number of alkyl halides is 2. The van der Waals surface area contributed by atoms with Gasteiger partial charge in [-0.15, -0.1) is 0 Å². The van der Waals surface area contributed by atoms with Gasteiger partial charge in [0, 0.05) is 18.5 Å². The summed E-state index contributed by atoms with van der Waals surface area (Å²) in [7, 11) is 0. The summed E-state index contributed by atoms with van der Waals surface area (Å²) in [6.07, 6.45) is 4.13. The van der Waals surface area contributed by atoms with E-state index in [4.69, 9.17) is 42.1 Å². The molecule has 11 nitrogen and oxygen atoms in total. The predicted molar refractivity (Wildman–Crippen MR) is 199 cm³/mol. The fraction of sp³-hybridized carbons (Fsp3) is 0.375. The van der Waals surface area contributed by atoms with Gasteiger partial charge in [-0.3, -0.25) is 9.80 Å². The average Bonchev–Trinajstić information content (AvgIpc) is 4.00. The number of aromatic hydroxyl groups is 1. The highest BCUT2D eigenvalue weighted by Gasteiger charge is 2.38. The summed E-state index contributed by atoms with van der Waals surface area (Å²) in [5.41, 5.74) is 1.80. The molecular formula is C40H39Cl2F2N3O8. The van der Waals surface area contributed by atoms with Crippen molar-refractivity contribution in [2.75, 3.05) is 31.1 Å². The van der Waals surface area contributed by atoms with Crippen molar-refractivity contribution in [1.82, 2.24) is 4.90 Å². The molecule has 8 rings (SSSR count). The Morgan fingerprint density at radius 2 is 1.67 bits per heavy atom. The van der Waals surface area contributed by atoms with Crippen molar-refractivity contribution < 1.29 is 47.2 Å². The van der Waals surface area contributed by atoms with Crippen LogP contribution in [0, 0.1) is 17.0 Å². The van der Waals surface area contributed by atoms with E-state index < -0.39 is 24.8 Å². The predicted octanol–water partition coefficient (Wildman–Crippen LogP) is 8.10. The number of piperidine rings is 3. The molecule has 290 valence electrons. The minimum absolute atomic E-state index is 0.0385. The van der Waals surface area contributed by atoms with Crippen LogP contribution in [0.2, 0.25) is 10.0 Å². The fourth-order valence-electron chi connectivity index (χ4n) is 6.97. The van der Waals surface area contributed by atoms with Crippen molar-refractivity contribution in [1.29, 1.82) is 0 Å². The first-order chi connectivity index (χ1) is 26.5. The molecule has 1 amide bonds. The number of fused-ring (bicyclic) bond motifs is 3. The van der Waals surface area contributed by atoms with Gasteiger partial charge in [0.25, 0.3) is 0 Å². The zero-order valence-corrected chi connectivity index (χ0v) is 31.1. The Morgan fingerprint density at radius 3 is 2.31 bits per heavy atom. The lowest BCUT2D eigenvalue weighted by Gasteiger charge is -2.44. The van der Waals surface area contributed by atoms with Crippen molar-refractivity contribution in [3.63, 3.8) is 0 Å². The number of phenolic OH excluding ortho intramolecular Hbond substituents is 1. The van der Waals surface area contributed by atoms with Crippen LogP contribution in [-0.2, 0) is 22.4 Å². The molecule has 55 heavy (non-hydrogen) atoms. The molecule has 4 heterocycles. The van der Waals surface area contributed by atoms with Crippen molar-refractivity contribution in [3.8, 4) is 17.2 Å². The number of para-hydroxylation sites is 2. The number of amides is 1. The highest BCUT2D eigenvalue weighted by Crippen LogP contribution is 2.38. The summed E-state index contributed by atoms with van der Waals surface area (Å²) in [5, 5.41) is 22.7. The lowest BCUT2D eigenvalue weighted by atomic mass is 9.86. The first-order valence-electron chi connectivity index (χ1n) is 18.1. The van der Waals surface area contributed by atoms with Gasteiger partial charge in [-0.1, -0.05) is 53.5 Å². The van der Waals surface area contributed by atoms with Crippen LogP contribution in [0.3, 0.4) is 0 Å². The van der Waals surface area contributed by atoms with Crippen LogP contribution in [0.5, 0.6) is 17.2 Å². The molecule has 0 radical (unpaired) electrons. The maximum Gasteiger partial charge on any atom is 0.415 e. The summed E-state index contributed by atoms with van der Waals surface area (Å²) in [6, 6.07) is 17.2. The summed E-state index contributed by atoms with van der Waals surface area (Å²) in [6.45, 7) is -0.0922. The summed E-state index contributed by atoms with van der Waals surface area (Å²) in [5.74, 6) is -0.337. The van der Waals surface area contributed by atoms with E-state index in [1.54, 1.807) is 42.5 Å². The van der Waals surface area contributed by atoms with Gasteiger partial charge in [-0.25, -0.2) is 9.59 Å². The number of nitrogens with zero attached hydrogens (tertiary/aromatic N) is 3. The Labute approximate surface area is 326 Å². The Hall–Kier alpha value is -4.85. The van der Waals surface area contributed by atoms with E-state index in [0.717, 1.165) is 51.2 Å². The molecule has 3 aromatic carbocycles. The minimum Gasteiger partial charge on any atom is -0.619 e. The van der Waals surface area contributed by atoms with Crippen molar-refractivity contribution in [2.45, 2.75) is 57.5 Å². The largest absolute Gasteiger partial charge is 0.619 e. The molecule has 4 aliphatic rings. The number of halogens is 4. The molecule has 4 fully saturated rings. The quantitative estimate of drug-likeness (QED) is 0.0766. The summed E-state index contributed by atoms with van der Waals surface area (Å²) in [4.78, 5) is 31.1. The van der Waals surface area contributed by atoms with Crippen LogP contribution in [0.15, 0.2) is 79.1 Å². The number of pyridine rings is 1. The second-order valence-corrected chi connectivity index (χ2v) is 14.9. The molecule has 1 N–H and O–H groups in total. The molecule has 0 unspecified atom stereocenters. The van der Waals surface area contributed by atoms with Crippen molar-refractivity contribution in [2.24, 2.45) is 11.8 Å². The number of carbonyl (C=O) groups is 2. The third-order valence-corrected chi connectivity index (χ3v) is 10.8. The van der Waals surface area contributed by atoms with Gasteiger partial charge in [0.2, 0.25) is 0 Å². The molecule has 0 spiro atoms. The molecule has 4 aromatic rings. The van der Waals surface area contributed by atoms with E-state index in [2.05, 4.69) is 4.90 Å². The van der Waals surface area contributed by atoms with E-state index in [0.29, 0.717) is 40.5 Å². The lowest BCUT2D eigenvalue weighted by Crippen LogP contribution is -2.53. The molecule has 2 atom stereocenters. The molecule has 3 aliphatic heterocycles. The third-order valence-electron chi connectivity index (χ3n) is 10.2. The summed E-state index contributed by atoms with van der Waals surface area (Å²) >= 11 is 12.8. The van der Waals surface area contributed by atoms with Crippen molar-refractivity contribution >= 4 is 41.0 Å². The number of esters is 1. The normalized spacial score (nSPS) is 19.5. The number of rotatable bonds is 14. The molecule has 1 aliphatic carbocycles. The zero-order valence-electron chi connectivity index (χ0n) is 29.6. The van der Waals surface area contributed by atoms with E-state index in [9.17, 15) is 28.7 Å². The number of phenols is 1. The van der Waals surface area contributed by atoms with E-state index in [1.807, 2.05) is 0 Å². The number of carbonyl (C=O) groups excluding carboxylic acids is 2. The van der Waals surface area contributed by atoms with Gasteiger partial charge < -0.3 is 29.3 Å². The van der Waals surface area contributed by atoms with Crippen molar-refractivity contribution in [3.05, 3.63) is 117 Å². The number of hydrogen-bond acceptors (Lipinski definition) is 9. The van der Waals surface area contributed by atoms with E-state index in [-0.39, 0.29) is 63.5 Å². The standard InChI is InChI=1S/C40H39Cl2F2N3O8/c41-30-20-46(51)21-31(42)29(30)18-35(28-11-12-34(54-39(43)44)36(17-28)52-23-25-5-6-25)53-38(49)27-9-7-24(8-10-27)19-47(32-3-1-2-4-33(32)48)40(50)55-37-22-45-15-13-26(37)14-16-45/h1-4,7-12,17,20-21,25-26,35,37,39,48H,5-6,13-16,18-19,22-23H2/t35-,37-/m0/s1. The molecule has 15 heteroatoms. The number of ether oxygens (including phenoxy) is 4. The highest BCUT2D eigenvalue weighted by atomic mass is 35.5. The maximum absolute atomic E-state index is 13.7. The SMILES string of the molecule is O=C(O[C@@H](Cc1c(Cl)c[n+]([O-])cc1Cl)c1ccc(OC(F)F)c(OCC2CC2)c1)c1ccc(CN(C(=O)O[C@H]2CN3CCC2CC3)c2ccccc2O)cc1.